The van der Waals surface area contributed by atoms with Gasteiger partial charge in [-0.3, -0.25) is 9.59 Å². The van der Waals surface area contributed by atoms with Crippen LogP contribution in [-0.4, -0.2) is 29.9 Å². The Morgan fingerprint density at radius 1 is 1.07 bits per heavy atom. The lowest BCUT2D eigenvalue weighted by atomic mass is 10.1. The van der Waals surface area contributed by atoms with Gasteiger partial charge in [-0.05, 0) is 48.7 Å². The molecule has 0 bridgehead atoms. The van der Waals surface area contributed by atoms with Gasteiger partial charge in [-0.15, -0.1) is 0 Å². The van der Waals surface area contributed by atoms with Gasteiger partial charge in [0.1, 0.15) is 11.8 Å². The van der Waals surface area contributed by atoms with Gasteiger partial charge in [0, 0.05) is 24.5 Å². The summed E-state index contributed by atoms with van der Waals surface area (Å²) in [4.78, 5) is 26.9. The van der Waals surface area contributed by atoms with Crippen LogP contribution >= 0.6 is 11.6 Å². The SMILES string of the molecule is CCCC(=O)N(Cc1ccc(OC)cc1)[C@@H](C)C(=O)NCc1ccc(Cl)cc1. The van der Waals surface area contributed by atoms with Crippen LogP contribution in [-0.2, 0) is 22.7 Å². The van der Waals surface area contributed by atoms with Gasteiger partial charge < -0.3 is 15.0 Å². The first-order valence-electron chi connectivity index (χ1n) is 9.39. The number of carbonyl (C=O) groups is 2. The first-order chi connectivity index (χ1) is 13.4. The molecule has 0 aliphatic rings. The summed E-state index contributed by atoms with van der Waals surface area (Å²) < 4.78 is 5.17. The zero-order valence-corrected chi connectivity index (χ0v) is 17.3. The predicted molar refractivity (Wildman–Crippen MR) is 111 cm³/mol. The van der Waals surface area contributed by atoms with E-state index in [2.05, 4.69) is 5.32 Å². The van der Waals surface area contributed by atoms with E-state index in [1.165, 1.54) is 0 Å². The molecule has 1 atom stereocenters. The monoisotopic (exact) mass is 402 g/mol. The number of hydrogen-bond acceptors (Lipinski definition) is 3. The van der Waals surface area contributed by atoms with E-state index in [1.807, 2.05) is 43.3 Å². The van der Waals surface area contributed by atoms with Crippen molar-refractivity contribution in [3.63, 3.8) is 0 Å². The maximum absolute atomic E-state index is 12.7. The molecule has 2 aromatic carbocycles. The molecule has 2 rings (SSSR count). The molecule has 0 unspecified atom stereocenters. The molecule has 2 aromatic rings. The topological polar surface area (TPSA) is 58.6 Å². The van der Waals surface area contributed by atoms with Crippen LogP contribution < -0.4 is 10.1 Å². The van der Waals surface area contributed by atoms with E-state index in [9.17, 15) is 9.59 Å². The largest absolute Gasteiger partial charge is 0.497 e. The van der Waals surface area contributed by atoms with E-state index >= 15 is 0 Å². The lowest BCUT2D eigenvalue weighted by molar-refractivity contribution is -0.140. The highest BCUT2D eigenvalue weighted by molar-refractivity contribution is 6.30. The first kappa shape index (κ1) is 21.8. The number of halogens is 1. The number of methoxy groups -OCH3 is 1. The smallest absolute Gasteiger partial charge is 0.242 e. The van der Waals surface area contributed by atoms with Gasteiger partial charge in [0.05, 0.1) is 7.11 Å². The average molecular weight is 403 g/mol. The Kier molecular flexibility index (Phi) is 8.33. The van der Waals surface area contributed by atoms with Gasteiger partial charge in [-0.25, -0.2) is 0 Å². The van der Waals surface area contributed by atoms with Crippen molar-refractivity contribution in [2.45, 2.75) is 45.8 Å². The van der Waals surface area contributed by atoms with Crippen LogP contribution in [0.3, 0.4) is 0 Å². The number of carbonyl (C=O) groups excluding carboxylic acids is 2. The second-order valence-electron chi connectivity index (χ2n) is 6.64. The number of amides is 2. The molecule has 5 nitrogen and oxygen atoms in total. The summed E-state index contributed by atoms with van der Waals surface area (Å²) in [6.45, 7) is 4.47. The molecule has 0 aliphatic heterocycles. The van der Waals surface area contributed by atoms with Crippen molar-refractivity contribution in [3.05, 3.63) is 64.7 Å². The Labute approximate surface area is 171 Å². The number of ether oxygens (including phenoxy) is 1. The van der Waals surface area contributed by atoms with Crippen LogP contribution in [0.2, 0.25) is 5.02 Å². The second kappa shape index (κ2) is 10.7. The number of nitrogens with one attached hydrogen (secondary N) is 1. The third-order valence-corrected chi connectivity index (χ3v) is 4.78. The third kappa shape index (κ3) is 6.27. The lowest BCUT2D eigenvalue weighted by Crippen LogP contribution is -2.47. The molecule has 6 heteroatoms. The molecule has 150 valence electrons. The third-order valence-electron chi connectivity index (χ3n) is 4.52. The average Bonchev–Trinajstić information content (AvgIpc) is 2.71. The molecule has 2 amide bonds. The quantitative estimate of drug-likeness (QED) is 0.684. The minimum absolute atomic E-state index is 0.0348. The molecule has 0 saturated carbocycles. The lowest BCUT2D eigenvalue weighted by Gasteiger charge is -2.29. The van der Waals surface area contributed by atoms with Gasteiger partial charge in [0.15, 0.2) is 0 Å². The Morgan fingerprint density at radius 2 is 1.68 bits per heavy atom. The van der Waals surface area contributed by atoms with Gasteiger partial charge in [-0.1, -0.05) is 42.8 Å². The molecular weight excluding hydrogens is 376 g/mol. The van der Waals surface area contributed by atoms with Crippen LogP contribution in [0.5, 0.6) is 5.75 Å². The van der Waals surface area contributed by atoms with Crippen molar-refractivity contribution in [2.24, 2.45) is 0 Å². The molecule has 0 heterocycles. The van der Waals surface area contributed by atoms with Crippen molar-refractivity contribution in [3.8, 4) is 5.75 Å². The Morgan fingerprint density at radius 3 is 2.25 bits per heavy atom. The van der Waals surface area contributed by atoms with Crippen molar-refractivity contribution in [1.82, 2.24) is 10.2 Å². The summed E-state index contributed by atoms with van der Waals surface area (Å²) in [6.07, 6.45) is 1.14. The van der Waals surface area contributed by atoms with Crippen LogP contribution in [0.1, 0.15) is 37.8 Å². The first-order valence-corrected chi connectivity index (χ1v) is 9.77. The van der Waals surface area contributed by atoms with E-state index in [0.717, 1.165) is 23.3 Å². The molecule has 0 aromatic heterocycles. The van der Waals surface area contributed by atoms with Gasteiger partial charge in [0.2, 0.25) is 11.8 Å². The maximum Gasteiger partial charge on any atom is 0.242 e. The zero-order chi connectivity index (χ0) is 20.5. The highest BCUT2D eigenvalue weighted by Crippen LogP contribution is 2.16. The van der Waals surface area contributed by atoms with E-state index in [1.54, 1.807) is 31.1 Å². The van der Waals surface area contributed by atoms with Crippen LogP contribution in [0.4, 0.5) is 0 Å². The van der Waals surface area contributed by atoms with Gasteiger partial charge in [-0.2, -0.15) is 0 Å². The van der Waals surface area contributed by atoms with Crippen LogP contribution in [0.15, 0.2) is 48.5 Å². The molecule has 0 fully saturated rings. The second-order valence-corrected chi connectivity index (χ2v) is 7.08. The van der Waals surface area contributed by atoms with Crippen LogP contribution in [0.25, 0.3) is 0 Å². The Bertz CT molecular complexity index is 775. The van der Waals surface area contributed by atoms with Crippen molar-refractivity contribution >= 4 is 23.4 Å². The highest BCUT2D eigenvalue weighted by atomic mass is 35.5. The highest BCUT2D eigenvalue weighted by Gasteiger charge is 2.25. The summed E-state index contributed by atoms with van der Waals surface area (Å²) in [7, 11) is 1.61. The van der Waals surface area contributed by atoms with Gasteiger partial charge in [0.25, 0.3) is 0 Å². The number of hydrogen-bond donors (Lipinski definition) is 1. The van der Waals surface area contributed by atoms with E-state index in [-0.39, 0.29) is 11.8 Å². The molecule has 0 radical (unpaired) electrons. The standard InChI is InChI=1S/C22H27ClN2O3/c1-4-5-21(26)25(15-18-8-12-20(28-3)13-9-18)16(2)22(27)24-14-17-6-10-19(23)11-7-17/h6-13,16H,4-5,14-15H2,1-3H3,(H,24,27)/t16-/m0/s1. The summed E-state index contributed by atoms with van der Waals surface area (Å²) >= 11 is 5.89. The summed E-state index contributed by atoms with van der Waals surface area (Å²) in [5, 5.41) is 3.56. The van der Waals surface area contributed by atoms with Crippen molar-refractivity contribution in [1.29, 1.82) is 0 Å². The fraction of sp³-hybridized carbons (Fsp3) is 0.364. The fourth-order valence-electron chi connectivity index (χ4n) is 2.81. The summed E-state index contributed by atoms with van der Waals surface area (Å²) in [6, 6.07) is 14.2. The summed E-state index contributed by atoms with van der Waals surface area (Å²) in [5.41, 5.74) is 1.90. The number of nitrogens with zero attached hydrogens (tertiary/aromatic N) is 1. The Hall–Kier alpha value is -2.53. The molecule has 0 spiro atoms. The molecular formula is C22H27ClN2O3. The number of rotatable bonds is 9. The normalized spacial score (nSPS) is 11.6. The zero-order valence-electron chi connectivity index (χ0n) is 16.6. The Balaban J connectivity index is 2.06. The van der Waals surface area contributed by atoms with Gasteiger partial charge >= 0.3 is 0 Å². The predicted octanol–water partition coefficient (Wildman–Crippen LogP) is 4.18. The van der Waals surface area contributed by atoms with Crippen molar-refractivity contribution < 1.29 is 14.3 Å². The minimum atomic E-state index is -0.576. The van der Waals surface area contributed by atoms with E-state index < -0.39 is 6.04 Å². The molecule has 28 heavy (non-hydrogen) atoms. The number of benzene rings is 2. The van der Waals surface area contributed by atoms with E-state index in [0.29, 0.717) is 24.5 Å². The van der Waals surface area contributed by atoms with E-state index in [4.69, 9.17) is 16.3 Å². The minimum Gasteiger partial charge on any atom is -0.497 e. The fourth-order valence-corrected chi connectivity index (χ4v) is 2.93. The maximum atomic E-state index is 12.7. The molecule has 0 aliphatic carbocycles. The molecule has 1 N–H and O–H groups in total. The van der Waals surface area contributed by atoms with Crippen molar-refractivity contribution in [2.75, 3.05) is 7.11 Å². The molecule has 0 saturated heterocycles. The summed E-state index contributed by atoms with van der Waals surface area (Å²) in [5.74, 6) is 0.532. The van der Waals surface area contributed by atoms with Crippen LogP contribution in [0, 0.1) is 0 Å².